The number of nitrogens with two attached hydrogens (primary N) is 1. The highest BCUT2D eigenvalue weighted by atomic mass is 16.5. The van der Waals surface area contributed by atoms with E-state index in [9.17, 15) is 0 Å². The number of aromatic nitrogens is 1. The average Bonchev–Trinajstić information content (AvgIpc) is 2.83. The minimum Gasteiger partial charge on any atom is -0.497 e. The van der Waals surface area contributed by atoms with Crippen molar-refractivity contribution in [2.24, 2.45) is 7.05 Å². The van der Waals surface area contributed by atoms with Gasteiger partial charge in [0.05, 0.1) is 18.3 Å². The Kier molecular flexibility index (Phi) is 3.44. The van der Waals surface area contributed by atoms with E-state index in [1.807, 2.05) is 48.0 Å². The van der Waals surface area contributed by atoms with Gasteiger partial charge in [-0.1, -0.05) is 18.2 Å². The monoisotopic (exact) mass is 282 g/mol. The van der Waals surface area contributed by atoms with E-state index in [0.29, 0.717) is 6.61 Å². The molecule has 0 aliphatic rings. The summed E-state index contributed by atoms with van der Waals surface area (Å²) in [5.74, 6) is 1.57. The number of nitrogen functional groups attached to an aromatic ring is 1. The highest BCUT2D eigenvalue weighted by molar-refractivity contribution is 5.93. The summed E-state index contributed by atoms with van der Waals surface area (Å²) in [5, 5.41) is 1.13. The fourth-order valence-electron chi connectivity index (χ4n) is 2.55. The van der Waals surface area contributed by atoms with Crippen molar-refractivity contribution >= 4 is 16.6 Å². The van der Waals surface area contributed by atoms with Crippen molar-refractivity contribution in [3.63, 3.8) is 0 Å². The Morgan fingerprint density at radius 1 is 1.10 bits per heavy atom. The van der Waals surface area contributed by atoms with Gasteiger partial charge in [-0.3, -0.25) is 0 Å². The molecule has 0 radical (unpaired) electrons. The van der Waals surface area contributed by atoms with Crippen LogP contribution in [0.1, 0.15) is 5.56 Å². The number of para-hydroxylation sites is 1. The summed E-state index contributed by atoms with van der Waals surface area (Å²) in [6.45, 7) is 0.494. The van der Waals surface area contributed by atoms with Crippen molar-refractivity contribution in [1.29, 1.82) is 0 Å². The molecule has 0 aliphatic heterocycles. The molecule has 0 saturated carbocycles. The van der Waals surface area contributed by atoms with Gasteiger partial charge in [-0.2, -0.15) is 0 Å². The Hall–Kier alpha value is -2.62. The van der Waals surface area contributed by atoms with Crippen molar-refractivity contribution in [3.8, 4) is 11.5 Å². The third-order valence-corrected chi connectivity index (χ3v) is 3.55. The summed E-state index contributed by atoms with van der Waals surface area (Å²) in [4.78, 5) is 0. The maximum atomic E-state index is 6.04. The Bertz CT molecular complexity index is 778. The molecule has 21 heavy (non-hydrogen) atoms. The maximum Gasteiger partial charge on any atom is 0.123 e. The minimum atomic E-state index is 0.494. The lowest BCUT2D eigenvalue weighted by Gasteiger charge is -2.07. The zero-order chi connectivity index (χ0) is 14.8. The van der Waals surface area contributed by atoms with E-state index in [-0.39, 0.29) is 0 Å². The van der Waals surface area contributed by atoms with Crippen LogP contribution >= 0.6 is 0 Å². The molecule has 2 N–H and O–H groups in total. The van der Waals surface area contributed by atoms with Gasteiger partial charge in [0, 0.05) is 30.3 Å². The Morgan fingerprint density at radius 3 is 2.67 bits per heavy atom. The van der Waals surface area contributed by atoms with Crippen LogP contribution < -0.4 is 15.2 Å². The van der Waals surface area contributed by atoms with Crippen molar-refractivity contribution < 1.29 is 9.47 Å². The number of benzene rings is 2. The minimum absolute atomic E-state index is 0.494. The lowest BCUT2D eigenvalue weighted by atomic mass is 10.1. The quantitative estimate of drug-likeness (QED) is 0.747. The SMILES string of the molecule is COc1cccc(OCc2cn(C)c3c(N)cccc23)c1. The molecule has 0 amide bonds. The van der Waals surface area contributed by atoms with E-state index in [4.69, 9.17) is 15.2 Å². The summed E-state index contributed by atoms with van der Waals surface area (Å²) in [6.07, 6.45) is 2.06. The Morgan fingerprint density at radius 2 is 1.86 bits per heavy atom. The van der Waals surface area contributed by atoms with Crippen LogP contribution in [0.3, 0.4) is 0 Å². The van der Waals surface area contributed by atoms with Crippen molar-refractivity contribution in [3.05, 3.63) is 54.2 Å². The fourth-order valence-corrected chi connectivity index (χ4v) is 2.55. The van der Waals surface area contributed by atoms with Crippen LogP contribution in [0.5, 0.6) is 11.5 Å². The smallest absolute Gasteiger partial charge is 0.123 e. The Labute approximate surface area is 123 Å². The molecule has 0 aliphatic carbocycles. The number of nitrogens with zero attached hydrogens (tertiary/aromatic N) is 1. The van der Waals surface area contributed by atoms with Gasteiger partial charge in [-0.05, 0) is 18.2 Å². The predicted octanol–water partition coefficient (Wildman–Crippen LogP) is 3.35. The second-order valence-corrected chi connectivity index (χ2v) is 4.98. The zero-order valence-electron chi connectivity index (χ0n) is 12.2. The molecule has 0 saturated heterocycles. The standard InChI is InChI=1S/C17H18N2O2/c1-19-10-12(15-7-4-8-16(18)17(15)19)11-21-14-6-3-5-13(9-14)20-2/h3-10H,11,18H2,1-2H3. The third-order valence-electron chi connectivity index (χ3n) is 3.55. The van der Waals surface area contributed by atoms with Crippen molar-refractivity contribution in [2.45, 2.75) is 6.61 Å². The number of rotatable bonds is 4. The first-order chi connectivity index (χ1) is 10.2. The first-order valence-corrected chi connectivity index (χ1v) is 6.78. The van der Waals surface area contributed by atoms with Gasteiger partial charge in [-0.15, -0.1) is 0 Å². The van der Waals surface area contributed by atoms with Crippen LogP contribution in [0.4, 0.5) is 5.69 Å². The predicted molar refractivity (Wildman–Crippen MR) is 84.7 cm³/mol. The molecule has 1 heterocycles. The lowest BCUT2D eigenvalue weighted by Crippen LogP contribution is -1.95. The number of aryl methyl sites for hydroxylation is 1. The second kappa shape index (κ2) is 5.40. The maximum absolute atomic E-state index is 6.04. The molecule has 0 bridgehead atoms. The van der Waals surface area contributed by atoms with E-state index in [0.717, 1.165) is 33.7 Å². The molecular formula is C17H18N2O2. The molecular weight excluding hydrogens is 264 g/mol. The first-order valence-electron chi connectivity index (χ1n) is 6.78. The Balaban J connectivity index is 1.87. The van der Waals surface area contributed by atoms with Gasteiger partial charge in [0.15, 0.2) is 0 Å². The van der Waals surface area contributed by atoms with Crippen LogP contribution in [0.2, 0.25) is 0 Å². The van der Waals surface area contributed by atoms with Crippen molar-refractivity contribution in [2.75, 3.05) is 12.8 Å². The molecule has 3 aromatic rings. The number of hydrogen-bond donors (Lipinski definition) is 1. The zero-order valence-corrected chi connectivity index (χ0v) is 12.2. The first kappa shape index (κ1) is 13.4. The average molecular weight is 282 g/mol. The van der Waals surface area contributed by atoms with E-state index in [2.05, 4.69) is 12.3 Å². The summed E-state index contributed by atoms with van der Waals surface area (Å²) in [6, 6.07) is 13.5. The second-order valence-electron chi connectivity index (χ2n) is 4.98. The van der Waals surface area contributed by atoms with E-state index in [1.54, 1.807) is 7.11 Å². The van der Waals surface area contributed by atoms with Gasteiger partial charge in [0.2, 0.25) is 0 Å². The highest BCUT2D eigenvalue weighted by Crippen LogP contribution is 2.27. The molecule has 0 spiro atoms. The van der Waals surface area contributed by atoms with Crippen LogP contribution in [0, 0.1) is 0 Å². The van der Waals surface area contributed by atoms with Crippen LogP contribution in [0.25, 0.3) is 10.9 Å². The summed E-state index contributed by atoms with van der Waals surface area (Å²) in [5.41, 5.74) is 8.97. The number of hydrogen-bond acceptors (Lipinski definition) is 3. The summed E-state index contributed by atoms with van der Waals surface area (Å²) < 4.78 is 13.1. The van der Waals surface area contributed by atoms with Gasteiger partial charge < -0.3 is 19.8 Å². The molecule has 3 rings (SSSR count). The molecule has 0 fully saturated rings. The molecule has 4 nitrogen and oxygen atoms in total. The number of ether oxygens (including phenoxy) is 2. The molecule has 4 heteroatoms. The molecule has 0 atom stereocenters. The molecule has 2 aromatic carbocycles. The molecule has 1 aromatic heterocycles. The topological polar surface area (TPSA) is 49.4 Å². The van der Waals surface area contributed by atoms with Gasteiger partial charge in [0.25, 0.3) is 0 Å². The van der Waals surface area contributed by atoms with E-state index >= 15 is 0 Å². The molecule has 0 unspecified atom stereocenters. The largest absolute Gasteiger partial charge is 0.497 e. The molecule has 108 valence electrons. The fraction of sp³-hybridized carbons (Fsp3) is 0.176. The lowest BCUT2D eigenvalue weighted by molar-refractivity contribution is 0.305. The van der Waals surface area contributed by atoms with Gasteiger partial charge in [-0.25, -0.2) is 0 Å². The summed E-state index contributed by atoms with van der Waals surface area (Å²) in [7, 11) is 3.64. The van der Waals surface area contributed by atoms with E-state index in [1.165, 1.54) is 0 Å². The number of anilines is 1. The van der Waals surface area contributed by atoms with Gasteiger partial charge in [0.1, 0.15) is 18.1 Å². The highest BCUT2D eigenvalue weighted by Gasteiger charge is 2.09. The van der Waals surface area contributed by atoms with Crippen molar-refractivity contribution in [1.82, 2.24) is 4.57 Å². The normalized spacial score (nSPS) is 10.8. The van der Waals surface area contributed by atoms with Crippen LogP contribution in [-0.4, -0.2) is 11.7 Å². The van der Waals surface area contributed by atoms with E-state index < -0.39 is 0 Å². The van der Waals surface area contributed by atoms with Crippen LogP contribution in [0.15, 0.2) is 48.7 Å². The number of fused-ring (bicyclic) bond motifs is 1. The number of methoxy groups -OCH3 is 1. The van der Waals surface area contributed by atoms with Crippen LogP contribution in [-0.2, 0) is 13.7 Å². The third kappa shape index (κ3) is 2.52. The summed E-state index contributed by atoms with van der Waals surface area (Å²) >= 11 is 0. The van der Waals surface area contributed by atoms with Gasteiger partial charge >= 0.3 is 0 Å².